The van der Waals surface area contributed by atoms with Crippen LogP contribution in [0.25, 0.3) is 0 Å². The zero-order valence-corrected chi connectivity index (χ0v) is 24.0. The van der Waals surface area contributed by atoms with Crippen LogP contribution in [-0.2, 0) is 4.79 Å². The van der Waals surface area contributed by atoms with Crippen molar-refractivity contribution in [2.45, 2.75) is 79.1 Å². The average molecular weight is 515 g/mol. The third kappa shape index (κ3) is 7.03. The van der Waals surface area contributed by atoms with E-state index < -0.39 is 0 Å². The number of carbonyl (C=O) groups is 2. The standard InChI is InChI=1S/C33H42N2O3/c1-20(2)26-11-9-12-27(21(3)4)31(26)34-30(36)19-38-25-17-15-24(16-18-25)33(37)35-32-28(22(5)6)13-10-14-29(32)23(7)8/h9-18,20-23H,19H2,1-8H3,(H,34,36)(H,35,37). The molecule has 5 heteroatoms. The molecule has 0 atom stereocenters. The van der Waals surface area contributed by atoms with Gasteiger partial charge in [-0.15, -0.1) is 0 Å². The number of benzene rings is 3. The van der Waals surface area contributed by atoms with E-state index in [4.69, 9.17) is 4.74 Å². The molecule has 5 nitrogen and oxygen atoms in total. The summed E-state index contributed by atoms with van der Waals surface area (Å²) < 4.78 is 5.75. The van der Waals surface area contributed by atoms with Gasteiger partial charge in [-0.3, -0.25) is 9.59 Å². The largest absolute Gasteiger partial charge is 0.484 e. The summed E-state index contributed by atoms with van der Waals surface area (Å²) in [6, 6.07) is 19.2. The van der Waals surface area contributed by atoms with Gasteiger partial charge in [0.2, 0.25) is 0 Å². The van der Waals surface area contributed by atoms with Gasteiger partial charge >= 0.3 is 0 Å². The van der Waals surface area contributed by atoms with Gasteiger partial charge in [-0.1, -0.05) is 91.8 Å². The molecule has 2 N–H and O–H groups in total. The molecule has 0 aliphatic heterocycles. The van der Waals surface area contributed by atoms with E-state index in [9.17, 15) is 9.59 Å². The number of hydrogen-bond acceptors (Lipinski definition) is 3. The van der Waals surface area contributed by atoms with Crippen molar-refractivity contribution >= 4 is 23.2 Å². The summed E-state index contributed by atoms with van der Waals surface area (Å²) in [5, 5.41) is 6.21. The van der Waals surface area contributed by atoms with Crippen molar-refractivity contribution < 1.29 is 14.3 Å². The number of ether oxygens (including phenoxy) is 1. The van der Waals surface area contributed by atoms with E-state index in [1.807, 2.05) is 12.1 Å². The molecule has 0 unspecified atom stereocenters. The lowest BCUT2D eigenvalue weighted by molar-refractivity contribution is -0.118. The summed E-state index contributed by atoms with van der Waals surface area (Å²) in [5.74, 6) is 1.29. The number of nitrogens with one attached hydrogen (secondary N) is 2. The molecule has 38 heavy (non-hydrogen) atoms. The molecule has 0 heterocycles. The lowest BCUT2D eigenvalue weighted by Crippen LogP contribution is -2.22. The SMILES string of the molecule is CC(C)c1cccc(C(C)C)c1NC(=O)COc1ccc(C(=O)Nc2c(C(C)C)cccc2C(C)C)cc1. The van der Waals surface area contributed by atoms with Crippen molar-refractivity contribution in [3.63, 3.8) is 0 Å². The molecule has 3 rings (SSSR count). The number of hydrogen-bond donors (Lipinski definition) is 2. The second kappa shape index (κ2) is 12.8. The molecule has 0 bridgehead atoms. The molecular formula is C33H42N2O3. The van der Waals surface area contributed by atoms with Crippen molar-refractivity contribution in [1.82, 2.24) is 0 Å². The maximum absolute atomic E-state index is 13.1. The van der Waals surface area contributed by atoms with Crippen LogP contribution in [0, 0.1) is 0 Å². The van der Waals surface area contributed by atoms with E-state index in [2.05, 4.69) is 90.3 Å². The highest BCUT2D eigenvalue weighted by molar-refractivity contribution is 6.05. The Kier molecular flexibility index (Phi) is 9.73. The molecule has 0 radical (unpaired) electrons. The van der Waals surface area contributed by atoms with Gasteiger partial charge < -0.3 is 15.4 Å². The number of para-hydroxylation sites is 2. The molecule has 202 valence electrons. The van der Waals surface area contributed by atoms with Gasteiger partial charge in [0.05, 0.1) is 0 Å². The van der Waals surface area contributed by atoms with Crippen molar-refractivity contribution in [3.8, 4) is 5.75 Å². The summed E-state index contributed by atoms with van der Waals surface area (Å²) >= 11 is 0. The first-order valence-corrected chi connectivity index (χ1v) is 13.6. The minimum absolute atomic E-state index is 0.116. The third-order valence-electron chi connectivity index (χ3n) is 6.74. The van der Waals surface area contributed by atoms with Crippen molar-refractivity contribution in [2.75, 3.05) is 17.2 Å². The first-order valence-electron chi connectivity index (χ1n) is 13.6. The Balaban J connectivity index is 1.68. The highest BCUT2D eigenvalue weighted by Crippen LogP contribution is 2.34. The van der Waals surface area contributed by atoms with E-state index in [0.717, 1.165) is 33.6 Å². The molecule has 2 amide bonds. The van der Waals surface area contributed by atoms with Crippen LogP contribution >= 0.6 is 0 Å². The van der Waals surface area contributed by atoms with Crippen LogP contribution in [0.3, 0.4) is 0 Å². The topological polar surface area (TPSA) is 67.4 Å². The van der Waals surface area contributed by atoms with Crippen LogP contribution in [0.5, 0.6) is 5.75 Å². The molecule has 0 saturated carbocycles. The summed E-state index contributed by atoms with van der Waals surface area (Å²) in [6.07, 6.45) is 0. The van der Waals surface area contributed by atoms with Crippen LogP contribution in [0.15, 0.2) is 60.7 Å². The van der Waals surface area contributed by atoms with Gasteiger partial charge in [0.1, 0.15) is 5.75 Å². The van der Waals surface area contributed by atoms with Crippen LogP contribution in [0.1, 0.15) is 112 Å². The van der Waals surface area contributed by atoms with Crippen molar-refractivity contribution in [2.24, 2.45) is 0 Å². The molecule has 3 aromatic rings. The Morgan fingerprint density at radius 3 is 1.39 bits per heavy atom. The molecule has 0 saturated heterocycles. The molecule has 3 aromatic carbocycles. The van der Waals surface area contributed by atoms with Crippen LogP contribution in [-0.4, -0.2) is 18.4 Å². The van der Waals surface area contributed by atoms with Crippen LogP contribution in [0.2, 0.25) is 0 Å². The van der Waals surface area contributed by atoms with Gasteiger partial charge in [0, 0.05) is 16.9 Å². The van der Waals surface area contributed by atoms with Gasteiger partial charge in [-0.25, -0.2) is 0 Å². The normalized spacial score (nSPS) is 11.4. The van der Waals surface area contributed by atoms with Gasteiger partial charge in [-0.05, 0) is 70.2 Å². The summed E-state index contributed by atoms with van der Waals surface area (Å²) in [6.45, 7) is 16.9. The second-order valence-corrected chi connectivity index (χ2v) is 11.1. The number of anilines is 2. The van der Waals surface area contributed by atoms with Gasteiger partial charge in [0.25, 0.3) is 11.8 Å². The smallest absolute Gasteiger partial charge is 0.262 e. The summed E-state index contributed by atoms with van der Waals surface area (Å²) in [4.78, 5) is 25.9. The Bertz CT molecular complexity index is 1210. The zero-order valence-electron chi connectivity index (χ0n) is 24.0. The maximum Gasteiger partial charge on any atom is 0.262 e. The van der Waals surface area contributed by atoms with Gasteiger partial charge in [0.15, 0.2) is 6.61 Å². The Morgan fingerprint density at radius 2 is 1.00 bits per heavy atom. The quantitative estimate of drug-likeness (QED) is 0.285. The maximum atomic E-state index is 13.1. The van der Waals surface area contributed by atoms with Crippen LogP contribution in [0.4, 0.5) is 11.4 Å². The Hall–Kier alpha value is -3.60. The molecular weight excluding hydrogens is 472 g/mol. The highest BCUT2D eigenvalue weighted by atomic mass is 16.5. The second-order valence-electron chi connectivity index (χ2n) is 11.1. The van der Waals surface area contributed by atoms with Crippen molar-refractivity contribution in [1.29, 1.82) is 0 Å². The number of amides is 2. The van der Waals surface area contributed by atoms with E-state index in [1.54, 1.807) is 24.3 Å². The lowest BCUT2D eigenvalue weighted by Gasteiger charge is -2.20. The Morgan fingerprint density at radius 1 is 0.605 bits per heavy atom. The van der Waals surface area contributed by atoms with E-state index in [1.165, 1.54) is 0 Å². The first kappa shape index (κ1) is 29.0. The monoisotopic (exact) mass is 514 g/mol. The van der Waals surface area contributed by atoms with E-state index in [-0.39, 0.29) is 42.1 Å². The predicted octanol–water partition coefficient (Wildman–Crippen LogP) is 8.45. The highest BCUT2D eigenvalue weighted by Gasteiger charge is 2.18. The fourth-order valence-corrected chi connectivity index (χ4v) is 4.60. The van der Waals surface area contributed by atoms with E-state index >= 15 is 0 Å². The molecule has 0 spiro atoms. The fourth-order valence-electron chi connectivity index (χ4n) is 4.60. The first-order chi connectivity index (χ1) is 18.0. The summed E-state index contributed by atoms with van der Waals surface area (Å²) in [7, 11) is 0. The molecule has 0 aliphatic rings. The van der Waals surface area contributed by atoms with Crippen LogP contribution < -0.4 is 15.4 Å². The van der Waals surface area contributed by atoms with E-state index in [0.29, 0.717) is 11.3 Å². The number of rotatable bonds is 10. The summed E-state index contributed by atoms with van der Waals surface area (Å²) in [5.41, 5.74) is 6.76. The molecule has 0 fully saturated rings. The fraction of sp³-hybridized carbons (Fsp3) is 0.394. The Labute approximate surface area is 228 Å². The number of carbonyl (C=O) groups excluding carboxylic acids is 2. The molecule has 0 aliphatic carbocycles. The third-order valence-corrected chi connectivity index (χ3v) is 6.74. The minimum atomic E-state index is -0.215. The van der Waals surface area contributed by atoms with Crippen molar-refractivity contribution in [3.05, 3.63) is 88.5 Å². The minimum Gasteiger partial charge on any atom is -0.484 e. The predicted molar refractivity (Wildman–Crippen MR) is 158 cm³/mol. The molecule has 0 aromatic heterocycles. The zero-order chi connectivity index (χ0) is 28.0. The van der Waals surface area contributed by atoms with Gasteiger partial charge in [-0.2, -0.15) is 0 Å². The lowest BCUT2D eigenvalue weighted by atomic mass is 9.92. The average Bonchev–Trinajstić information content (AvgIpc) is 2.87.